The zero-order valence-corrected chi connectivity index (χ0v) is 9.03. The van der Waals surface area contributed by atoms with Crippen LogP contribution in [0.3, 0.4) is 0 Å². The molecule has 0 amide bonds. The van der Waals surface area contributed by atoms with Gasteiger partial charge in [0, 0.05) is 13.6 Å². The number of hydrogen-bond donors (Lipinski definition) is 2. The maximum Gasteiger partial charge on any atom is 0.335 e. The number of anilines is 2. The number of rotatable bonds is 4. The van der Waals surface area contributed by atoms with Gasteiger partial charge >= 0.3 is 5.97 Å². The van der Waals surface area contributed by atoms with Crippen LogP contribution in [-0.2, 0) is 0 Å². The Bertz CT molecular complexity index is 364. The molecule has 0 spiro atoms. The summed E-state index contributed by atoms with van der Waals surface area (Å²) in [6.45, 7) is 2.98. The van der Waals surface area contributed by atoms with Gasteiger partial charge < -0.3 is 15.7 Å². The molecule has 0 aliphatic carbocycles. The highest BCUT2D eigenvalue weighted by Crippen LogP contribution is 2.23. The molecule has 0 aliphatic heterocycles. The van der Waals surface area contributed by atoms with Gasteiger partial charge in [-0.15, -0.1) is 0 Å². The minimum atomic E-state index is -0.952. The van der Waals surface area contributed by atoms with E-state index >= 15 is 0 Å². The molecule has 0 radical (unpaired) electrons. The molecule has 0 aliphatic rings. The van der Waals surface area contributed by atoms with E-state index in [1.165, 1.54) is 6.07 Å². The summed E-state index contributed by atoms with van der Waals surface area (Å²) < 4.78 is 0. The number of carboxylic acids is 1. The molecular weight excluding hydrogens is 192 g/mol. The summed E-state index contributed by atoms with van der Waals surface area (Å²) in [5, 5.41) is 8.77. The number of nitrogens with two attached hydrogens (primary N) is 1. The Hall–Kier alpha value is -1.71. The van der Waals surface area contributed by atoms with E-state index in [-0.39, 0.29) is 5.56 Å². The summed E-state index contributed by atoms with van der Waals surface area (Å²) >= 11 is 0. The quantitative estimate of drug-likeness (QED) is 0.740. The van der Waals surface area contributed by atoms with Gasteiger partial charge in [0.1, 0.15) is 0 Å². The third-order valence-electron chi connectivity index (χ3n) is 2.24. The first-order valence-corrected chi connectivity index (χ1v) is 4.90. The van der Waals surface area contributed by atoms with Crippen LogP contribution in [0.5, 0.6) is 0 Å². The maximum absolute atomic E-state index is 10.7. The van der Waals surface area contributed by atoms with Crippen LogP contribution in [0.1, 0.15) is 23.7 Å². The van der Waals surface area contributed by atoms with Crippen LogP contribution in [0.2, 0.25) is 0 Å². The first-order valence-electron chi connectivity index (χ1n) is 4.90. The summed E-state index contributed by atoms with van der Waals surface area (Å²) in [7, 11) is 1.94. The molecule has 1 rings (SSSR count). The van der Waals surface area contributed by atoms with Gasteiger partial charge in [-0.25, -0.2) is 4.79 Å². The number of nitrogens with zero attached hydrogens (tertiary/aromatic N) is 1. The van der Waals surface area contributed by atoms with E-state index in [9.17, 15) is 4.79 Å². The fraction of sp³-hybridized carbons (Fsp3) is 0.364. The molecule has 0 bridgehead atoms. The second-order valence-electron chi connectivity index (χ2n) is 3.50. The van der Waals surface area contributed by atoms with Crippen molar-refractivity contribution in [1.29, 1.82) is 0 Å². The summed E-state index contributed by atoms with van der Waals surface area (Å²) in [6, 6.07) is 4.80. The Morgan fingerprint density at radius 3 is 2.67 bits per heavy atom. The summed E-state index contributed by atoms with van der Waals surface area (Å²) in [4.78, 5) is 12.7. The van der Waals surface area contributed by atoms with Crippen molar-refractivity contribution in [2.24, 2.45) is 0 Å². The summed E-state index contributed by atoms with van der Waals surface area (Å²) in [6.07, 6.45) is 1.02. The highest BCUT2D eigenvalue weighted by atomic mass is 16.4. The van der Waals surface area contributed by atoms with E-state index in [4.69, 9.17) is 10.8 Å². The largest absolute Gasteiger partial charge is 0.478 e. The van der Waals surface area contributed by atoms with Crippen molar-refractivity contribution in [2.75, 3.05) is 24.2 Å². The highest BCUT2D eigenvalue weighted by molar-refractivity contribution is 5.90. The third kappa shape index (κ3) is 2.62. The monoisotopic (exact) mass is 208 g/mol. The van der Waals surface area contributed by atoms with E-state index in [0.717, 1.165) is 18.7 Å². The number of benzene rings is 1. The third-order valence-corrected chi connectivity index (χ3v) is 2.24. The van der Waals surface area contributed by atoms with Crippen LogP contribution < -0.4 is 10.6 Å². The van der Waals surface area contributed by atoms with E-state index in [1.807, 2.05) is 11.9 Å². The minimum absolute atomic E-state index is 0.223. The second-order valence-corrected chi connectivity index (χ2v) is 3.50. The predicted octanol–water partition coefficient (Wildman–Crippen LogP) is 1.81. The van der Waals surface area contributed by atoms with Gasteiger partial charge in [-0.2, -0.15) is 0 Å². The molecule has 3 N–H and O–H groups in total. The Morgan fingerprint density at radius 1 is 1.53 bits per heavy atom. The summed E-state index contributed by atoms with van der Waals surface area (Å²) in [5.41, 5.74) is 7.39. The van der Waals surface area contributed by atoms with Crippen molar-refractivity contribution < 1.29 is 9.90 Å². The van der Waals surface area contributed by atoms with Gasteiger partial charge in [0.25, 0.3) is 0 Å². The number of hydrogen-bond acceptors (Lipinski definition) is 3. The van der Waals surface area contributed by atoms with Crippen molar-refractivity contribution >= 4 is 17.3 Å². The van der Waals surface area contributed by atoms with E-state index in [0.29, 0.717) is 5.69 Å². The molecule has 1 aromatic carbocycles. The fourth-order valence-electron chi connectivity index (χ4n) is 1.49. The zero-order valence-electron chi connectivity index (χ0n) is 9.03. The molecule has 0 unspecified atom stereocenters. The number of aromatic carboxylic acids is 1. The SMILES string of the molecule is CCCN(C)c1ccc(C(=O)O)cc1N. The first kappa shape index (κ1) is 11.4. The van der Waals surface area contributed by atoms with Crippen molar-refractivity contribution in [2.45, 2.75) is 13.3 Å². The van der Waals surface area contributed by atoms with E-state index < -0.39 is 5.97 Å². The normalized spacial score (nSPS) is 10.0. The topological polar surface area (TPSA) is 66.6 Å². The Balaban J connectivity index is 2.97. The summed E-state index contributed by atoms with van der Waals surface area (Å²) in [5.74, 6) is -0.952. The lowest BCUT2D eigenvalue weighted by atomic mass is 10.1. The molecule has 0 atom stereocenters. The van der Waals surface area contributed by atoms with E-state index in [1.54, 1.807) is 12.1 Å². The first-order chi connectivity index (χ1) is 7.06. The predicted molar refractivity (Wildman–Crippen MR) is 61.4 cm³/mol. The molecular formula is C11H16N2O2. The van der Waals surface area contributed by atoms with Crippen molar-refractivity contribution in [3.63, 3.8) is 0 Å². The van der Waals surface area contributed by atoms with Crippen LogP contribution in [0, 0.1) is 0 Å². The Kier molecular flexibility index (Phi) is 3.55. The standard InChI is InChI=1S/C11H16N2O2/c1-3-6-13(2)10-5-4-8(11(14)15)7-9(10)12/h4-5,7H,3,6,12H2,1-2H3,(H,14,15). The molecule has 0 aromatic heterocycles. The van der Waals surface area contributed by atoms with Crippen molar-refractivity contribution in [3.8, 4) is 0 Å². The van der Waals surface area contributed by atoms with Gasteiger partial charge in [0.15, 0.2) is 0 Å². The molecule has 0 saturated heterocycles. The van der Waals surface area contributed by atoms with Crippen molar-refractivity contribution in [3.05, 3.63) is 23.8 Å². The lowest BCUT2D eigenvalue weighted by Gasteiger charge is -2.20. The average Bonchev–Trinajstić information content (AvgIpc) is 2.17. The molecule has 1 aromatic rings. The number of carbonyl (C=O) groups is 1. The molecule has 4 heteroatoms. The van der Waals surface area contributed by atoms with Gasteiger partial charge in [0.05, 0.1) is 16.9 Å². The van der Waals surface area contributed by atoms with Crippen molar-refractivity contribution in [1.82, 2.24) is 0 Å². The van der Waals surface area contributed by atoms with Gasteiger partial charge in [-0.1, -0.05) is 6.92 Å². The molecule has 4 nitrogen and oxygen atoms in total. The highest BCUT2D eigenvalue weighted by Gasteiger charge is 2.08. The van der Waals surface area contributed by atoms with Gasteiger partial charge in [-0.3, -0.25) is 0 Å². The molecule has 15 heavy (non-hydrogen) atoms. The zero-order chi connectivity index (χ0) is 11.4. The van der Waals surface area contributed by atoms with Crippen LogP contribution >= 0.6 is 0 Å². The van der Waals surface area contributed by atoms with E-state index in [2.05, 4.69) is 6.92 Å². The fourth-order valence-corrected chi connectivity index (χ4v) is 1.49. The van der Waals surface area contributed by atoms with Crippen LogP contribution in [0.15, 0.2) is 18.2 Å². The second kappa shape index (κ2) is 4.68. The Morgan fingerprint density at radius 2 is 2.20 bits per heavy atom. The van der Waals surface area contributed by atoms with Gasteiger partial charge in [-0.05, 0) is 24.6 Å². The molecule has 82 valence electrons. The van der Waals surface area contributed by atoms with Crippen LogP contribution in [0.4, 0.5) is 11.4 Å². The smallest absolute Gasteiger partial charge is 0.335 e. The Labute approximate surface area is 89.3 Å². The number of nitrogen functional groups attached to an aromatic ring is 1. The number of carboxylic acid groups (broad SMARTS) is 1. The van der Waals surface area contributed by atoms with Gasteiger partial charge in [0.2, 0.25) is 0 Å². The lowest BCUT2D eigenvalue weighted by Crippen LogP contribution is -2.19. The van der Waals surface area contributed by atoms with Crippen LogP contribution in [-0.4, -0.2) is 24.7 Å². The average molecular weight is 208 g/mol. The maximum atomic E-state index is 10.7. The molecule has 0 saturated carbocycles. The molecule has 0 heterocycles. The van der Waals surface area contributed by atoms with Crippen LogP contribution in [0.25, 0.3) is 0 Å². The minimum Gasteiger partial charge on any atom is -0.478 e. The molecule has 0 fully saturated rings. The lowest BCUT2D eigenvalue weighted by molar-refractivity contribution is 0.0697.